The zero-order chi connectivity index (χ0) is 17.0. The highest BCUT2D eigenvalue weighted by Gasteiger charge is 2.45. The molecule has 0 bridgehead atoms. The number of hydrogen-bond donors (Lipinski definition) is 0. The number of ether oxygens (including phenoxy) is 1. The van der Waals surface area contributed by atoms with E-state index in [0.29, 0.717) is 0 Å². The molecule has 0 aliphatic carbocycles. The number of benzene rings is 3. The van der Waals surface area contributed by atoms with E-state index in [1.165, 1.54) is 28.8 Å². The first-order chi connectivity index (χ1) is 12.4. The van der Waals surface area contributed by atoms with Crippen molar-refractivity contribution in [1.29, 1.82) is 0 Å². The maximum absolute atomic E-state index is 6.68. The van der Waals surface area contributed by atoms with Gasteiger partial charge in [-0.05, 0) is 24.8 Å². The third-order valence-corrected chi connectivity index (χ3v) is 9.12. The second-order valence-electron chi connectivity index (χ2n) is 6.82. The van der Waals surface area contributed by atoms with Crippen molar-refractivity contribution in [3.05, 3.63) is 96.6 Å². The summed E-state index contributed by atoms with van der Waals surface area (Å²) in [5.41, 5.74) is 1.35. The Bertz CT molecular complexity index is 741. The smallest absolute Gasteiger partial charge is 0.143 e. The highest BCUT2D eigenvalue weighted by atomic mass is 28.3. The summed E-state index contributed by atoms with van der Waals surface area (Å²) in [5, 5.41) is 2.75. The van der Waals surface area contributed by atoms with Crippen LogP contribution < -0.4 is 10.4 Å². The van der Waals surface area contributed by atoms with E-state index in [-0.39, 0.29) is 5.22 Å². The minimum absolute atomic E-state index is 0.164. The molecule has 0 N–H and O–H groups in total. The monoisotopic (exact) mass is 344 g/mol. The summed E-state index contributed by atoms with van der Waals surface area (Å²) in [6.45, 7) is 0.859. The van der Waals surface area contributed by atoms with Crippen LogP contribution in [-0.2, 0) is 9.96 Å². The van der Waals surface area contributed by atoms with E-state index in [0.717, 1.165) is 13.0 Å². The fourth-order valence-corrected chi connectivity index (χ4v) is 8.16. The normalized spacial score (nSPS) is 20.5. The summed E-state index contributed by atoms with van der Waals surface area (Å²) in [4.78, 5) is 0. The molecule has 0 spiro atoms. The summed E-state index contributed by atoms with van der Waals surface area (Å²) < 4.78 is 6.68. The molecule has 126 valence electrons. The molecule has 0 aromatic heterocycles. The Morgan fingerprint density at radius 2 is 1.16 bits per heavy atom. The van der Waals surface area contributed by atoms with Gasteiger partial charge in [-0.3, -0.25) is 0 Å². The van der Waals surface area contributed by atoms with E-state index in [1.807, 2.05) is 0 Å². The molecule has 1 aliphatic rings. The fraction of sp³-hybridized carbons (Fsp3) is 0.217. The number of hydrogen-bond acceptors (Lipinski definition) is 1. The van der Waals surface area contributed by atoms with Gasteiger partial charge < -0.3 is 4.74 Å². The van der Waals surface area contributed by atoms with Gasteiger partial charge in [0.25, 0.3) is 0 Å². The van der Waals surface area contributed by atoms with Gasteiger partial charge in [0.2, 0.25) is 0 Å². The molecule has 1 atom stereocenters. The number of rotatable bonds is 4. The van der Waals surface area contributed by atoms with Crippen LogP contribution in [0.15, 0.2) is 91.0 Å². The third-order valence-electron chi connectivity index (χ3n) is 5.30. The Labute approximate surface area is 151 Å². The molecule has 1 fully saturated rings. The molecule has 1 aliphatic heterocycles. The molecule has 1 unspecified atom stereocenters. The topological polar surface area (TPSA) is 9.23 Å². The second kappa shape index (κ2) is 7.38. The summed E-state index contributed by atoms with van der Waals surface area (Å²) in [6, 6.07) is 33.0. The molecule has 0 radical (unpaired) electrons. The first kappa shape index (κ1) is 16.3. The van der Waals surface area contributed by atoms with Gasteiger partial charge in [0.1, 0.15) is 8.80 Å². The van der Waals surface area contributed by atoms with Crippen molar-refractivity contribution in [2.24, 2.45) is 0 Å². The van der Waals surface area contributed by atoms with Crippen molar-refractivity contribution < 1.29 is 4.74 Å². The average molecular weight is 345 g/mol. The van der Waals surface area contributed by atoms with Gasteiger partial charge in [-0.1, -0.05) is 101 Å². The van der Waals surface area contributed by atoms with Crippen molar-refractivity contribution in [2.45, 2.75) is 24.5 Å². The van der Waals surface area contributed by atoms with E-state index in [4.69, 9.17) is 4.74 Å². The molecular formula is C23H24OSi. The van der Waals surface area contributed by atoms with Crippen LogP contribution >= 0.6 is 0 Å². The summed E-state index contributed by atoms with van der Waals surface area (Å²) >= 11 is 0. The third kappa shape index (κ3) is 3.20. The minimum atomic E-state index is -1.62. The van der Waals surface area contributed by atoms with E-state index in [1.54, 1.807) is 0 Å². The Balaban J connectivity index is 1.91. The summed E-state index contributed by atoms with van der Waals surface area (Å²) in [5.74, 6) is 0. The lowest BCUT2D eigenvalue weighted by Gasteiger charge is -2.44. The van der Waals surface area contributed by atoms with Crippen LogP contribution in [0.25, 0.3) is 0 Å². The standard InChI is InChI=1S/C23H24OSi/c1-4-12-20(13-5-1)23(18-10-11-19-24-23)25(21-14-6-2-7-15-21)22-16-8-3-9-17-22/h1-9,12-17,25H,10-11,18-19H2. The van der Waals surface area contributed by atoms with Crippen LogP contribution in [0.2, 0.25) is 0 Å². The van der Waals surface area contributed by atoms with E-state index in [2.05, 4.69) is 91.0 Å². The lowest BCUT2D eigenvalue weighted by atomic mass is 10.0. The van der Waals surface area contributed by atoms with Gasteiger partial charge in [-0.25, -0.2) is 0 Å². The van der Waals surface area contributed by atoms with Crippen molar-refractivity contribution in [3.63, 3.8) is 0 Å². The van der Waals surface area contributed by atoms with E-state index in [9.17, 15) is 0 Å². The zero-order valence-electron chi connectivity index (χ0n) is 14.5. The zero-order valence-corrected chi connectivity index (χ0v) is 15.6. The van der Waals surface area contributed by atoms with Crippen LogP contribution in [0.1, 0.15) is 24.8 Å². The van der Waals surface area contributed by atoms with Crippen LogP contribution in [0.5, 0.6) is 0 Å². The van der Waals surface area contributed by atoms with Crippen molar-refractivity contribution >= 4 is 19.2 Å². The highest BCUT2D eigenvalue weighted by Crippen LogP contribution is 2.37. The molecule has 3 aromatic carbocycles. The van der Waals surface area contributed by atoms with Gasteiger partial charge in [-0.15, -0.1) is 0 Å². The fourth-order valence-electron chi connectivity index (χ4n) is 4.18. The lowest BCUT2D eigenvalue weighted by molar-refractivity contribution is -0.0248. The minimum Gasteiger partial charge on any atom is -0.373 e. The van der Waals surface area contributed by atoms with Gasteiger partial charge in [0.15, 0.2) is 0 Å². The SMILES string of the molecule is c1ccc([SiH](c2ccccc2)C2(c3ccccc3)CCCCO2)cc1. The van der Waals surface area contributed by atoms with Crippen LogP contribution in [-0.4, -0.2) is 15.4 Å². The molecule has 1 nitrogen and oxygen atoms in total. The van der Waals surface area contributed by atoms with Gasteiger partial charge in [0.05, 0.1) is 5.22 Å². The molecule has 3 aromatic rings. The maximum Gasteiger partial charge on any atom is 0.143 e. The molecule has 1 heterocycles. The Kier molecular flexibility index (Phi) is 4.82. The Hall–Kier alpha value is -2.16. The Morgan fingerprint density at radius 3 is 1.64 bits per heavy atom. The van der Waals surface area contributed by atoms with Crippen LogP contribution in [0.3, 0.4) is 0 Å². The molecule has 2 heteroatoms. The summed E-state index contributed by atoms with van der Waals surface area (Å²) in [6.07, 6.45) is 3.51. The second-order valence-corrected chi connectivity index (χ2v) is 9.95. The van der Waals surface area contributed by atoms with Crippen LogP contribution in [0.4, 0.5) is 0 Å². The predicted molar refractivity (Wildman–Crippen MR) is 107 cm³/mol. The van der Waals surface area contributed by atoms with Crippen molar-refractivity contribution in [2.75, 3.05) is 6.61 Å². The molecule has 0 amide bonds. The molecule has 1 saturated heterocycles. The lowest BCUT2D eigenvalue weighted by Crippen LogP contribution is -2.60. The molecule has 25 heavy (non-hydrogen) atoms. The van der Waals surface area contributed by atoms with Crippen molar-refractivity contribution in [1.82, 2.24) is 0 Å². The first-order valence-electron chi connectivity index (χ1n) is 9.19. The van der Waals surface area contributed by atoms with Gasteiger partial charge in [0, 0.05) is 6.61 Å². The Morgan fingerprint density at radius 1 is 0.640 bits per heavy atom. The molecule has 4 rings (SSSR count). The largest absolute Gasteiger partial charge is 0.373 e. The van der Waals surface area contributed by atoms with E-state index >= 15 is 0 Å². The quantitative estimate of drug-likeness (QED) is 0.656. The summed E-state index contributed by atoms with van der Waals surface area (Å²) in [7, 11) is -1.62. The van der Waals surface area contributed by atoms with E-state index < -0.39 is 8.80 Å². The predicted octanol–water partition coefficient (Wildman–Crippen LogP) is 3.66. The van der Waals surface area contributed by atoms with Gasteiger partial charge >= 0.3 is 0 Å². The first-order valence-corrected chi connectivity index (χ1v) is 10.9. The highest BCUT2D eigenvalue weighted by molar-refractivity contribution is 6.87. The maximum atomic E-state index is 6.68. The average Bonchev–Trinajstić information content (AvgIpc) is 2.71. The van der Waals surface area contributed by atoms with Gasteiger partial charge in [-0.2, -0.15) is 0 Å². The molecular weight excluding hydrogens is 320 g/mol. The van der Waals surface area contributed by atoms with Crippen LogP contribution in [0, 0.1) is 0 Å². The van der Waals surface area contributed by atoms with Crippen molar-refractivity contribution in [3.8, 4) is 0 Å². The molecule has 0 saturated carbocycles.